The highest BCUT2D eigenvalue weighted by atomic mass is 32.1. The second-order valence-electron chi connectivity index (χ2n) is 5.36. The quantitative estimate of drug-likeness (QED) is 0.653. The number of anilines is 1. The summed E-state index contributed by atoms with van der Waals surface area (Å²) in [7, 11) is 1.27. The van der Waals surface area contributed by atoms with Gasteiger partial charge in [0, 0.05) is 23.4 Å². The van der Waals surface area contributed by atoms with Crippen LogP contribution in [0, 0.1) is 5.82 Å². The maximum absolute atomic E-state index is 13.8. The van der Waals surface area contributed by atoms with Crippen molar-refractivity contribution in [3.05, 3.63) is 65.4 Å². The number of rotatable bonds is 6. The Morgan fingerprint density at radius 1 is 1.19 bits per heavy atom. The maximum atomic E-state index is 13.8. The van der Waals surface area contributed by atoms with Gasteiger partial charge in [-0.15, -0.1) is 11.3 Å². The molecule has 3 aromatic rings. The first-order chi connectivity index (χ1) is 13.1. The van der Waals surface area contributed by atoms with Crippen LogP contribution in [0.2, 0.25) is 0 Å². The molecule has 0 fully saturated rings. The van der Waals surface area contributed by atoms with Crippen molar-refractivity contribution in [1.82, 2.24) is 4.98 Å². The summed E-state index contributed by atoms with van der Waals surface area (Å²) in [5.41, 5.74) is 1.32. The molecule has 0 aliphatic rings. The molecule has 138 valence electrons. The van der Waals surface area contributed by atoms with Crippen molar-refractivity contribution < 1.29 is 23.5 Å². The van der Waals surface area contributed by atoms with E-state index in [1.807, 2.05) is 0 Å². The van der Waals surface area contributed by atoms with Crippen molar-refractivity contribution in [2.24, 2.45) is 0 Å². The molecule has 27 heavy (non-hydrogen) atoms. The Balaban J connectivity index is 1.59. The summed E-state index contributed by atoms with van der Waals surface area (Å²) in [5.74, 6) is -1.09. The average Bonchev–Trinajstić information content (AvgIpc) is 3.14. The van der Waals surface area contributed by atoms with Crippen LogP contribution in [0.1, 0.15) is 10.4 Å². The van der Waals surface area contributed by atoms with Gasteiger partial charge in [-0.1, -0.05) is 18.2 Å². The largest absolute Gasteiger partial charge is 0.468 e. The van der Waals surface area contributed by atoms with Gasteiger partial charge in [0.05, 0.1) is 12.7 Å². The van der Waals surface area contributed by atoms with Crippen LogP contribution < -0.4 is 10.1 Å². The first-order valence-corrected chi connectivity index (χ1v) is 8.76. The number of pyridine rings is 1. The fourth-order valence-electron chi connectivity index (χ4n) is 2.30. The third kappa shape index (κ3) is 4.48. The van der Waals surface area contributed by atoms with Crippen molar-refractivity contribution in [1.29, 1.82) is 0 Å². The molecule has 0 saturated heterocycles. The molecule has 0 unspecified atom stereocenters. The second-order valence-corrected chi connectivity index (χ2v) is 6.27. The molecule has 0 aliphatic carbocycles. The van der Waals surface area contributed by atoms with Crippen LogP contribution in [0.25, 0.3) is 11.1 Å². The Bertz CT molecular complexity index is 956. The third-order valence-electron chi connectivity index (χ3n) is 3.60. The number of halogens is 1. The molecule has 0 aliphatic heterocycles. The van der Waals surface area contributed by atoms with Crippen molar-refractivity contribution >= 4 is 28.2 Å². The Kier molecular flexibility index (Phi) is 5.77. The Morgan fingerprint density at radius 3 is 2.70 bits per heavy atom. The molecule has 8 heteroatoms. The number of aromatic nitrogens is 1. The molecule has 2 aromatic heterocycles. The SMILES string of the molecule is COC(=O)c1ccsc1NC(=O)COc1ccc(-c2ccccc2F)cn1. The van der Waals surface area contributed by atoms with Crippen molar-refractivity contribution in [3.63, 3.8) is 0 Å². The van der Waals surface area contributed by atoms with Crippen molar-refractivity contribution in [2.75, 3.05) is 19.0 Å². The maximum Gasteiger partial charge on any atom is 0.340 e. The number of hydrogen-bond acceptors (Lipinski definition) is 6. The molecule has 1 amide bonds. The summed E-state index contributed by atoms with van der Waals surface area (Å²) in [6, 6.07) is 11.2. The predicted octanol–water partition coefficient (Wildman–Crippen LogP) is 3.75. The summed E-state index contributed by atoms with van der Waals surface area (Å²) >= 11 is 1.20. The normalized spacial score (nSPS) is 10.3. The fraction of sp³-hybridized carbons (Fsp3) is 0.105. The van der Waals surface area contributed by atoms with Gasteiger partial charge in [0.1, 0.15) is 10.8 Å². The number of amides is 1. The molecule has 2 heterocycles. The van der Waals surface area contributed by atoms with E-state index in [4.69, 9.17) is 4.74 Å². The standard InChI is InChI=1S/C19H15FN2O4S/c1-25-19(24)14-8-9-27-18(14)22-16(23)11-26-17-7-6-12(10-21-17)13-4-2-3-5-15(13)20/h2-10H,11H2,1H3,(H,22,23). The minimum absolute atomic E-state index is 0.226. The first-order valence-electron chi connectivity index (χ1n) is 7.88. The summed E-state index contributed by atoms with van der Waals surface area (Å²) < 4.78 is 23.8. The van der Waals surface area contributed by atoms with Crippen LogP contribution in [-0.2, 0) is 9.53 Å². The summed E-state index contributed by atoms with van der Waals surface area (Å²) in [6.45, 7) is -0.287. The lowest BCUT2D eigenvalue weighted by Crippen LogP contribution is -2.21. The molecule has 0 atom stereocenters. The Labute approximate surface area is 158 Å². The van der Waals surface area contributed by atoms with Crippen LogP contribution in [0.15, 0.2) is 54.0 Å². The molecule has 6 nitrogen and oxygen atoms in total. The van der Waals surface area contributed by atoms with Crippen LogP contribution in [0.3, 0.4) is 0 Å². The van der Waals surface area contributed by atoms with Crippen molar-refractivity contribution in [3.8, 4) is 17.0 Å². The summed E-state index contributed by atoms with van der Waals surface area (Å²) in [4.78, 5) is 27.7. The van der Waals surface area contributed by atoms with Gasteiger partial charge in [0.25, 0.3) is 5.91 Å². The highest BCUT2D eigenvalue weighted by Gasteiger charge is 2.15. The van der Waals surface area contributed by atoms with E-state index in [-0.39, 0.29) is 23.9 Å². The van der Waals surface area contributed by atoms with E-state index < -0.39 is 11.9 Å². The van der Waals surface area contributed by atoms with Crippen LogP contribution in [-0.4, -0.2) is 30.6 Å². The van der Waals surface area contributed by atoms with Crippen LogP contribution >= 0.6 is 11.3 Å². The molecule has 0 spiro atoms. The van der Waals surface area contributed by atoms with E-state index in [9.17, 15) is 14.0 Å². The van der Waals surface area contributed by atoms with E-state index in [1.165, 1.54) is 30.7 Å². The average molecular weight is 386 g/mol. The van der Waals surface area contributed by atoms with Gasteiger partial charge in [-0.2, -0.15) is 0 Å². The van der Waals surface area contributed by atoms with E-state index in [1.54, 1.807) is 41.8 Å². The minimum Gasteiger partial charge on any atom is -0.468 e. The molecular formula is C19H15FN2O4S. The molecule has 0 bridgehead atoms. The minimum atomic E-state index is -0.530. The predicted molar refractivity (Wildman–Crippen MR) is 99.4 cm³/mol. The number of nitrogens with zero attached hydrogens (tertiary/aromatic N) is 1. The topological polar surface area (TPSA) is 77.5 Å². The molecule has 1 N–H and O–H groups in total. The summed E-state index contributed by atoms with van der Waals surface area (Å²) in [6.07, 6.45) is 1.47. The smallest absolute Gasteiger partial charge is 0.340 e. The zero-order valence-electron chi connectivity index (χ0n) is 14.3. The molecule has 0 saturated carbocycles. The lowest BCUT2D eigenvalue weighted by molar-refractivity contribution is -0.118. The Morgan fingerprint density at radius 2 is 2.00 bits per heavy atom. The molecule has 1 aromatic carbocycles. The van der Waals surface area contributed by atoms with E-state index in [0.717, 1.165) is 0 Å². The van der Waals surface area contributed by atoms with Gasteiger partial charge in [0.2, 0.25) is 5.88 Å². The monoisotopic (exact) mass is 386 g/mol. The molecular weight excluding hydrogens is 371 g/mol. The first kappa shape index (κ1) is 18.5. The lowest BCUT2D eigenvalue weighted by atomic mass is 10.1. The number of benzene rings is 1. The number of carbonyl (C=O) groups is 2. The number of hydrogen-bond donors (Lipinski definition) is 1. The van der Waals surface area contributed by atoms with Gasteiger partial charge in [-0.3, -0.25) is 4.79 Å². The number of nitrogens with one attached hydrogen (secondary N) is 1. The fourth-order valence-corrected chi connectivity index (χ4v) is 3.09. The highest BCUT2D eigenvalue weighted by Crippen LogP contribution is 2.24. The van der Waals surface area contributed by atoms with Crippen LogP contribution in [0.5, 0.6) is 5.88 Å². The third-order valence-corrected chi connectivity index (χ3v) is 4.43. The number of thiophene rings is 1. The van der Waals surface area contributed by atoms with Crippen LogP contribution in [0.4, 0.5) is 9.39 Å². The van der Waals surface area contributed by atoms with E-state index in [0.29, 0.717) is 16.1 Å². The van der Waals surface area contributed by atoms with Gasteiger partial charge < -0.3 is 14.8 Å². The summed E-state index contributed by atoms with van der Waals surface area (Å²) in [5, 5.41) is 4.66. The number of ether oxygens (including phenoxy) is 2. The van der Waals surface area contributed by atoms with E-state index >= 15 is 0 Å². The van der Waals surface area contributed by atoms with Crippen molar-refractivity contribution in [2.45, 2.75) is 0 Å². The van der Waals surface area contributed by atoms with Gasteiger partial charge in [0.15, 0.2) is 6.61 Å². The number of methoxy groups -OCH3 is 1. The molecule has 3 rings (SSSR count). The lowest BCUT2D eigenvalue weighted by Gasteiger charge is -2.08. The zero-order valence-corrected chi connectivity index (χ0v) is 15.1. The zero-order chi connectivity index (χ0) is 19.2. The molecule has 0 radical (unpaired) electrons. The van der Waals surface area contributed by atoms with Gasteiger partial charge in [-0.25, -0.2) is 14.2 Å². The van der Waals surface area contributed by atoms with E-state index in [2.05, 4.69) is 15.0 Å². The van der Waals surface area contributed by atoms with Gasteiger partial charge in [-0.05, 0) is 23.6 Å². The highest BCUT2D eigenvalue weighted by molar-refractivity contribution is 7.14. The second kappa shape index (κ2) is 8.41. The number of esters is 1. The Hall–Kier alpha value is -3.26. The van der Waals surface area contributed by atoms with Gasteiger partial charge >= 0.3 is 5.97 Å². The number of carbonyl (C=O) groups excluding carboxylic acids is 2.